The maximum Gasteiger partial charge on any atom is 0.334 e. The summed E-state index contributed by atoms with van der Waals surface area (Å²) >= 11 is 0. The summed E-state index contributed by atoms with van der Waals surface area (Å²) in [4.78, 5) is 21.1. The number of nitrogens with one attached hydrogen (secondary N) is 1. The zero-order chi connectivity index (χ0) is 12.6. The number of hydrogen-bond donors (Lipinski definition) is 4. The second-order valence-electron chi connectivity index (χ2n) is 3.61. The molecule has 0 radical (unpaired) electrons. The van der Waals surface area contributed by atoms with Gasteiger partial charge >= 0.3 is 11.9 Å². The number of aliphatic hydroxyl groups is 1. The molecule has 0 heterocycles. The Kier molecular flexibility index (Phi) is 7.49. The van der Waals surface area contributed by atoms with Crippen LogP contribution in [0.25, 0.3) is 0 Å². The molecule has 0 aromatic carbocycles. The third-order valence-electron chi connectivity index (χ3n) is 2.23. The van der Waals surface area contributed by atoms with Crippen molar-refractivity contribution < 1.29 is 24.9 Å². The summed E-state index contributed by atoms with van der Waals surface area (Å²) in [5.41, 5.74) is 0. The highest BCUT2D eigenvalue weighted by atomic mass is 16.4. The van der Waals surface area contributed by atoms with Crippen LogP contribution in [0.1, 0.15) is 32.6 Å². The zero-order valence-electron chi connectivity index (χ0n) is 9.35. The van der Waals surface area contributed by atoms with Crippen molar-refractivity contribution >= 4 is 11.9 Å². The Hall–Kier alpha value is -1.14. The standard InChI is InChI=1S/C10H19NO5/c1-2-3-4-5-6-11-7(9(13)14)8(12)10(15)16/h7-8,11-12H,2-6H2,1H3,(H,13,14)(H,15,16). The topological polar surface area (TPSA) is 107 Å². The van der Waals surface area contributed by atoms with Crippen LogP contribution in [0.2, 0.25) is 0 Å². The summed E-state index contributed by atoms with van der Waals surface area (Å²) in [5.74, 6) is -2.89. The number of hydrogen-bond acceptors (Lipinski definition) is 4. The fourth-order valence-corrected chi connectivity index (χ4v) is 1.29. The summed E-state index contributed by atoms with van der Waals surface area (Å²) in [7, 11) is 0. The molecule has 16 heavy (non-hydrogen) atoms. The molecule has 0 aromatic heterocycles. The van der Waals surface area contributed by atoms with Gasteiger partial charge in [-0.05, 0) is 13.0 Å². The smallest absolute Gasteiger partial charge is 0.334 e. The first-order valence-electron chi connectivity index (χ1n) is 5.37. The van der Waals surface area contributed by atoms with Crippen molar-refractivity contribution in [2.45, 2.75) is 44.8 Å². The summed E-state index contributed by atoms with van der Waals surface area (Å²) in [6, 6.07) is -1.45. The highest BCUT2D eigenvalue weighted by Gasteiger charge is 2.31. The molecule has 0 saturated heterocycles. The normalized spacial score (nSPS) is 14.4. The van der Waals surface area contributed by atoms with Crippen LogP contribution >= 0.6 is 0 Å². The Morgan fingerprint density at radius 2 is 1.75 bits per heavy atom. The SMILES string of the molecule is CCCCCCNC(C(=O)O)C(O)C(=O)O. The van der Waals surface area contributed by atoms with Gasteiger partial charge in [0.2, 0.25) is 0 Å². The Balaban J connectivity index is 3.96. The van der Waals surface area contributed by atoms with E-state index in [-0.39, 0.29) is 0 Å². The predicted octanol–water partition coefficient (Wildman–Crippen LogP) is 0.0550. The van der Waals surface area contributed by atoms with Crippen LogP contribution in [0.4, 0.5) is 0 Å². The average molecular weight is 233 g/mol. The molecular formula is C10H19NO5. The van der Waals surface area contributed by atoms with Gasteiger partial charge in [-0.2, -0.15) is 0 Å². The minimum atomic E-state index is -1.91. The van der Waals surface area contributed by atoms with Crippen molar-refractivity contribution in [2.75, 3.05) is 6.54 Å². The Morgan fingerprint density at radius 3 is 2.19 bits per heavy atom. The van der Waals surface area contributed by atoms with Crippen LogP contribution in [0.5, 0.6) is 0 Å². The van der Waals surface area contributed by atoms with Crippen molar-refractivity contribution in [3.05, 3.63) is 0 Å². The average Bonchev–Trinajstić information content (AvgIpc) is 2.21. The van der Waals surface area contributed by atoms with Gasteiger partial charge in [0.15, 0.2) is 6.10 Å². The Labute approximate surface area is 94.3 Å². The number of rotatable bonds is 9. The van der Waals surface area contributed by atoms with E-state index >= 15 is 0 Å². The van der Waals surface area contributed by atoms with Crippen molar-refractivity contribution in [3.63, 3.8) is 0 Å². The van der Waals surface area contributed by atoms with Crippen LogP contribution in [0.15, 0.2) is 0 Å². The molecule has 0 fully saturated rings. The first-order valence-corrected chi connectivity index (χ1v) is 5.37. The lowest BCUT2D eigenvalue weighted by Crippen LogP contribution is -2.49. The molecule has 0 aliphatic rings. The van der Waals surface area contributed by atoms with Gasteiger partial charge in [-0.25, -0.2) is 4.79 Å². The number of carboxylic acids is 2. The van der Waals surface area contributed by atoms with Gasteiger partial charge in [-0.1, -0.05) is 26.2 Å². The minimum Gasteiger partial charge on any atom is -0.480 e. The Bertz CT molecular complexity index is 231. The van der Waals surface area contributed by atoms with Gasteiger partial charge in [-0.3, -0.25) is 4.79 Å². The monoisotopic (exact) mass is 233 g/mol. The summed E-state index contributed by atoms with van der Waals surface area (Å²) in [6.07, 6.45) is 1.94. The van der Waals surface area contributed by atoms with E-state index in [4.69, 9.17) is 15.3 Å². The van der Waals surface area contributed by atoms with Gasteiger partial charge < -0.3 is 20.6 Å². The lowest BCUT2D eigenvalue weighted by Gasteiger charge is -2.16. The molecule has 6 heteroatoms. The molecule has 6 nitrogen and oxygen atoms in total. The van der Waals surface area contributed by atoms with Crippen molar-refractivity contribution in [2.24, 2.45) is 0 Å². The summed E-state index contributed by atoms with van der Waals surface area (Å²) in [5, 5.41) is 28.8. The van der Waals surface area contributed by atoms with E-state index in [9.17, 15) is 9.59 Å². The lowest BCUT2D eigenvalue weighted by atomic mass is 10.1. The van der Waals surface area contributed by atoms with Crippen LogP contribution < -0.4 is 5.32 Å². The van der Waals surface area contributed by atoms with Gasteiger partial charge in [0, 0.05) is 0 Å². The van der Waals surface area contributed by atoms with E-state index in [0.717, 1.165) is 25.7 Å². The van der Waals surface area contributed by atoms with Gasteiger partial charge in [0.1, 0.15) is 6.04 Å². The number of carbonyl (C=O) groups is 2. The van der Waals surface area contributed by atoms with Gasteiger partial charge in [-0.15, -0.1) is 0 Å². The quantitative estimate of drug-likeness (QED) is 0.419. The molecule has 0 amide bonds. The number of carboxylic acid groups (broad SMARTS) is 2. The predicted molar refractivity (Wildman–Crippen MR) is 57.2 cm³/mol. The van der Waals surface area contributed by atoms with Crippen LogP contribution in [-0.2, 0) is 9.59 Å². The van der Waals surface area contributed by atoms with E-state index in [0.29, 0.717) is 6.54 Å². The molecule has 0 rings (SSSR count). The second kappa shape index (κ2) is 8.06. The summed E-state index contributed by atoms with van der Waals surface area (Å²) in [6.45, 7) is 2.45. The maximum atomic E-state index is 10.7. The van der Waals surface area contributed by atoms with E-state index in [1.165, 1.54) is 0 Å². The number of aliphatic hydroxyl groups excluding tert-OH is 1. The summed E-state index contributed by atoms with van der Waals surface area (Å²) < 4.78 is 0. The molecule has 0 aromatic rings. The molecular weight excluding hydrogens is 214 g/mol. The van der Waals surface area contributed by atoms with Crippen LogP contribution in [0.3, 0.4) is 0 Å². The third kappa shape index (κ3) is 5.67. The minimum absolute atomic E-state index is 0.390. The highest BCUT2D eigenvalue weighted by molar-refractivity contribution is 5.84. The molecule has 2 unspecified atom stereocenters. The Morgan fingerprint density at radius 1 is 1.12 bits per heavy atom. The molecule has 0 aliphatic heterocycles. The fourth-order valence-electron chi connectivity index (χ4n) is 1.29. The van der Waals surface area contributed by atoms with E-state index in [1.807, 2.05) is 0 Å². The molecule has 4 N–H and O–H groups in total. The van der Waals surface area contributed by atoms with Crippen molar-refractivity contribution in [1.29, 1.82) is 0 Å². The van der Waals surface area contributed by atoms with Gasteiger partial charge in [0.25, 0.3) is 0 Å². The number of aliphatic carboxylic acids is 2. The first kappa shape index (κ1) is 14.9. The van der Waals surface area contributed by atoms with E-state index in [2.05, 4.69) is 12.2 Å². The molecule has 94 valence electrons. The maximum absolute atomic E-state index is 10.7. The van der Waals surface area contributed by atoms with E-state index < -0.39 is 24.1 Å². The molecule has 0 saturated carbocycles. The molecule has 0 spiro atoms. The largest absolute Gasteiger partial charge is 0.480 e. The highest BCUT2D eigenvalue weighted by Crippen LogP contribution is 1.99. The molecule has 2 atom stereocenters. The molecule has 0 bridgehead atoms. The third-order valence-corrected chi connectivity index (χ3v) is 2.23. The lowest BCUT2D eigenvalue weighted by molar-refractivity contribution is -0.156. The first-order chi connectivity index (χ1) is 7.50. The van der Waals surface area contributed by atoms with Crippen molar-refractivity contribution in [3.8, 4) is 0 Å². The molecule has 0 aliphatic carbocycles. The van der Waals surface area contributed by atoms with Crippen LogP contribution in [0, 0.1) is 0 Å². The van der Waals surface area contributed by atoms with E-state index in [1.54, 1.807) is 0 Å². The second-order valence-corrected chi connectivity index (χ2v) is 3.61. The number of unbranched alkanes of at least 4 members (excludes halogenated alkanes) is 3. The van der Waals surface area contributed by atoms with Crippen molar-refractivity contribution in [1.82, 2.24) is 5.32 Å². The van der Waals surface area contributed by atoms with Gasteiger partial charge in [0.05, 0.1) is 0 Å². The fraction of sp³-hybridized carbons (Fsp3) is 0.800. The van der Waals surface area contributed by atoms with Crippen LogP contribution in [-0.4, -0.2) is 45.9 Å². The zero-order valence-corrected chi connectivity index (χ0v) is 9.35.